The average molecular weight is 456 g/mol. The Morgan fingerprint density at radius 3 is 2.28 bits per heavy atom. The van der Waals surface area contributed by atoms with Crippen molar-refractivity contribution < 1.29 is 23.8 Å². The van der Waals surface area contributed by atoms with Gasteiger partial charge in [-0.25, -0.2) is 9.18 Å². The molecule has 1 amide bonds. The Kier molecular flexibility index (Phi) is 6.41. The Hall–Kier alpha value is -3.45. The number of carbonyl (C=O) groups is 2. The molecule has 0 saturated heterocycles. The molecule has 0 bridgehead atoms. The van der Waals surface area contributed by atoms with Crippen LogP contribution in [0, 0.1) is 5.82 Å². The molecular weight excluding hydrogens is 441 g/mol. The second-order valence-corrected chi connectivity index (χ2v) is 6.75. The molecule has 29 heavy (non-hydrogen) atoms. The number of halogens is 2. The summed E-state index contributed by atoms with van der Waals surface area (Å²) in [6.45, 7) is 0. The molecule has 7 heteroatoms. The molecule has 0 unspecified atom stereocenters. The quantitative estimate of drug-likeness (QED) is 0.498. The fourth-order valence-corrected chi connectivity index (χ4v) is 2.81. The topological polar surface area (TPSA) is 75.6 Å². The van der Waals surface area contributed by atoms with Gasteiger partial charge in [0.1, 0.15) is 23.0 Å². The highest BCUT2D eigenvalue weighted by Gasteiger charge is 2.16. The van der Waals surface area contributed by atoms with E-state index in [4.69, 9.17) is 4.74 Å². The summed E-state index contributed by atoms with van der Waals surface area (Å²) in [5.74, 6) is -1.72. The number of amides is 1. The zero-order valence-corrected chi connectivity index (χ0v) is 16.5. The highest BCUT2D eigenvalue weighted by atomic mass is 79.9. The summed E-state index contributed by atoms with van der Waals surface area (Å²) in [6.07, 6.45) is 1.28. The van der Waals surface area contributed by atoms with Crippen LogP contribution in [-0.4, -0.2) is 17.0 Å². The van der Waals surface area contributed by atoms with Gasteiger partial charge < -0.3 is 15.2 Å². The second kappa shape index (κ2) is 9.16. The molecule has 0 spiro atoms. The summed E-state index contributed by atoms with van der Waals surface area (Å²) in [4.78, 5) is 23.7. The van der Waals surface area contributed by atoms with E-state index in [1.54, 1.807) is 30.3 Å². The van der Waals surface area contributed by atoms with Gasteiger partial charge in [0, 0.05) is 0 Å². The lowest BCUT2D eigenvalue weighted by atomic mass is 10.1. The van der Waals surface area contributed by atoms with Crippen LogP contribution in [0.2, 0.25) is 0 Å². The van der Waals surface area contributed by atoms with Crippen LogP contribution in [0.15, 0.2) is 83.0 Å². The van der Waals surface area contributed by atoms with E-state index in [9.17, 15) is 19.1 Å². The first kappa shape index (κ1) is 20.3. The van der Waals surface area contributed by atoms with Crippen LogP contribution < -0.4 is 10.1 Å². The van der Waals surface area contributed by atoms with Gasteiger partial charge in [-0.3, -0.25) is 4.79 Å². The summed E-state index contributed by atoms with van der Waals surface area (Å²) in [5.41, 5.74) is -0.0923. The van der Waals surface area contributed by atoms with Gasteiger partial charge in [-0.05, 0) is 64.0 Å². The number of carboxylic acids is 1. The number of ether oxygens (including phenoxy) is 1. The first-order valence-corrected chi connectivity index (χ1v) is 9.26. The maximum atomic E-state index is 13.7. The number of hydrogen-bond donors (Lipinski definition) is 2. The zero-order chi connectivity index (χ0) is 20.8. The van der Waals surface area contributed by atoms with Crippen LogP contribution in [0.25, 0.3) is 6.08 Å². The van der Waals surface area contributed by atoms with Crippen LogP contribution in [0.5, 0.6) is 11.5 Å². The van der Waals surface area contributed by atoms with Gasteiger partial charge in [-0.1, -0.05) is 36.4 Å². The van der Waals surface area contributed by atoms with Crippen molar-refractivity contribution >= 4 is 33.9 Å². The van der Waals surface area contributed by atoms with Crippen molar-refractivity contribution in [2.75, 3.05) is 0 Å². The summed E-state index contributed by atoms with van der Waals surface area (Å²) in [6, 6.07) is 19.3. The molecule has 0 aliphatic heterocycles. The number of para-hydroxylation sites is 1. The molecule has 0 saturated carbocycles. The molecule has 3 aromatic rings. The number of carboxylic acid groups (broad SMARTS) is 1. The normalized spacial score (nSPS) is 11.0. The second-order valence-electron chi connectivity index (χ2n) is 5.90. The molecule has 0 fully saturated rings. The number of aliphatic carboxylic acids is 1. The van der Waals surface area contributed by atoms with Crippen LogP contribution in [0.3, 0.4) is 0 Å². The standard InChI is InChI=1S/C22H15BrFNO4/c23-17-6-2-4-8-20(17)29-15-11-9-14(10-12-15)13-19(22(27)28)25-21(26)16-5-1-3-7-18(16)24/h1-13H,(H,25,26)(H,27,28)/b19-13+. The van der Waals surface area contributed by atoms with Gasteiger partial charge in [0.15, 0.2) is 0 Å². The number of carbonyl (C=O) groups excluding carboxylic acids is 1. The summed E-state index contributed by atoms with van der Waals surface area (Å²) in [5, 5.41) is 11.6. The highest BCUT2D eigenvalue weighted by Crippen LogP contribution is 2.29. The lowest BCUT2D eigenvalue weighted by Gasteiger charge is -2.09. The molecule has 0 heterocycles. The van der Waals surface area contributed by atoms with Crippen LogP contribution in [-0.2, 0) is 4.79 Å². The Morgan fingerprint density at radius 1 is 0.966 bits per heavy atom. The van der Waals surface area contributed by atoms with Crippen LogP contribution in [0.4, 0.5) is 4.39 Å². The van der Waals surface area contributed by atoms with E-state index in [0.29, 0.717) is 17.1 Å². The minimum atomic E-state index is -1.34. The lowest BCUT2D eigenvalue weighted by Crippen LogP contribution is -2.27. The minimum Gasteiger partial charge on any atom is -0.477 e. The van der Waals surface area contributed by atoms with Gasteiger partial charge >= 0.3 is 5.97 Å². The molecule has 0 aliphatic rings. The van der Waals surface area contributed by atoms with Crippen molar-refractivity contribution in [1.82, 2.24) is 5.32 Å². The minimum absolute atomic E-state index is 0.239. The number of benzene rings is 3. The molecule has 0 aliphatic carbocycles. The molecular formula is C22H15BrFNO4. The SMILES string of the molecule is O=C(O)/C(=C\c1ccc(Oc2ccccc2Br)cc1)NC(=O)c1ccccc1F. The molecule has 146 valence electrons. The van der Waals surface area contributed by atoms with Crippen molar-refractivity contribution in [2.24, 2.45) is 0 Å². The predicted molar refractivity (Wildman–Crippen MR) is 110 cm³/mol. The molecule has 3 aromatic carbocycles. The Balaban J connectivity index is 1.77. The van der Waals surface area contributed by atoms with Crippen LogP contribution >= 0.6 is 15.9 Å². The molecule has 0 atom stereocenters. The Morgan fingerprint density at radius 2 is 1.62 bits per heavy atom. The summed E-state index contributed by atoms with van der Waals surface area (Å²) >= 11 is 3.40. The van der Waals surface area contributed by atoms with Crippen molar-refractivity contribution in [2.45, 2.75) is 0 Å². The number of nitrogens with one attached hydrogen (secondary N) is 1. The predicted octanol–water partition coefficient (Wildman–Crippen LogP) is 5.24. The zero-order valence-electron chi connectivity index (χ0n) is 14.9. The maximum absolute atomic E-state index is 13.7. The van der Waals surface area contributed by atoms with E-state index in [1.165, 1.54) is 24.3 Å². The largest absolute Gasteiger partial charge is 0.477 e. The van der Waals surface area contributed by atoms with Crippen molar-refractivity contribution in [3.8, 4) is 11.5 Å². The van der Waals surface area contributed by atoms with Gasteiger partial charge in [0.05, 0.1) is 10.0 Å². The third kappa shape index (κ3) is 5.30. The smallest absolute Gasteiger partial charge is 0.352 e. The van der Waals surface area contributed by atoms with E-state index in [2.05, 4.69) is 21.2 Å². The summed E-state index contributed by atoms with van der Waals surface area (Å²) < 4.78 is 20.3. The lowest BCUT2D eigenvalue weighted by molar-refractivity contribution is -0.132. The van der Waals surface area contributed by atoms with E-state index >= 15 is 0 Å². The van der Waals surface area contributed by atoms with E-state index in [0.717, 1.165) is 10.5 Å². The third-order valence-corrected chi connectivity index (χ3v) is 4.51. The third-order valence-electron chi connectivity index (χ3n) is 3.85. The Labute approximate surface area is 174 Å². The van der Waals surface area contributed by atoms with Crippen molar-refractivity contribution in [3.63, 3.8) is 0 Å². The molecule has 5 nitrogen and oxygen atoms in total. The monoisotopic (exact) mass is 455 g/mol. The van der Waals surface area contributed by atoms with Crippen molar-refractivity contribution in [3.05, 3.63) is 99.9 Å². The molecule has 0 radical (unpaired) electrons. The first-order chi connectivity index (χ1) is 13.9. The van der Waals surface area contributed by atoms with Gasteiger partial charge in [0.2, 0.25) is 0 Å². The summed E-state index contributed by atoms with van der Waals surface area (Å²) in [7, 11) is 0. The Bertz CT molecular complexity index is 1080. The van der Waals surface area contributed by atoms with Crippen LogP contribution in [0.1, 0.15) is 15.9 Å². The van der Waals surface area contributed by atoms with E-state index in [-0.39, 0.29) is 11.3 Å². The van der Waals surface area contributed by atoms with E-state index < -0.39 is 17.7 Å². The van der Waals surface area contributed by atoms with Crippen molar-refractivity contribution in [1.29, 1.82) is 0 Å². The fourth-order valence-electron chi connectivity index (χ4n) is 2.44. The average Bonchev–Trinajstić information content (AvgIpc) is 2.70. The van der Waals surface area contributed by atoms with Gasteiger partial charge in [-0.2, -0.15) is 0 Å². The maximum Gasteiger partial charge on any atom is 0.352 e. The highest BCUT2D eigenvalue weighted by molar-refractivity contribution is 9.10. The van der Waals surface area contributed by atoms with Gasteiger partial charge in [0.25, 0.3) is 5.91 Å². The molecule has 3 rings (SSSR count). The fraction of sp³-hybridized carbons (Fsp3) is 0. The first-order valence-electron chi connectivity index (χ1n) is 8.47. The number of rotatable bonds is 6. The molecule has 0 aromatic heterocycles. The van der Waals surface area contributed by atoms with E-state index in [1.807, 2.05) is 18.2 Å². The molecule has 2 N–H and O–H groups in total. The number of hydrogen-bond acceptors (Lipinski definition) is 3. The van der Waals surface area contributed by atoms with Gasteiger partial charge in [-0.15, -0.1) is 0 Å².